The standard InChI is InChI=1S/C28H29N3O2S/c1-4-33-24-8-6-5-7-23(24)29-25(32)17-18-34-28-30-26(21-13-9-19(2)10-14-21)27(31-28)22-15-11-20(3)12-16-22/h5-16H,4,17-18H2,1-3H3,(H,29,32)(H,30,31). The number of para-hydroxylation sites is 2. The van der Waals surface area contributed by atoms with Gasteiger partial charge in [-0.05, 0) is 32.9 Å². The minimum Gasteiger partial charge on any atom is -0.492 e. The van der Waals surface area contributed by atoms with Crippen LogP contribution >= 0.6 is 11.8 Å². The number of nitrogens with one attached hydrogen (secondary N) is 2. The molecule has 0 bridgehead atoms. The summed E-state index contributed by atoms with van der Waals surface area (Å²) in [5.41, 5.74) is 7.18. The number of carbonyl (C=O) groups excluding carboxylic acids is 1. The molecule has 4 rings (SSSR count). The Kier molecular flexibility index (Phi) is 7.70. The number of nitrogens with zero attached hydrogens (tertiary/aromatic N) is 1. The van der Waals surface area contributed by atoms with E-state index in [1.54, 1.807) is 11.8 Å². The van der Waals surface area contributed by atoms with E-state index in [9.17, 15) is 4.79 Å². The molecule has 34 heavy (non-hydrogen) atoms. The summed E-state index contributed by atoms with van der Waals surface area (Å²) in [6, 6.07) is 24.3. The average molecular weight is 472 g/mol. The van der Waals surface area contributed by atoms with Gasteiger partial charge in [-0.15, -0.1) is 0 Å². The number of anilines is 1. The molecular weight excluding hydrogens is 442 g/mol. The van der Waals surface area contributed by atoms with Gasteiger partial charge in [0.25, 0.3) is 0 Å². The van der Waals surface area contributed by atoms with Gasteiger partial charge in [-0.1, -0.05) is 83.6 Å². The van der Waals surface area contributed by atoms with Crippen LogP contribution in [0.4, 0.5) is 5.69 Å². The maximum absolute atomic E-state index is 12.5. The van der Waals surface area contributed by atoms with Crippen LogP contribution in [0.3, 0.4) is 0 Å². The summed E-state index contributed by atoms with van der Waals surface area (Å²) in [5, 5.41) is 3.75. The molecule has 4 aromatic rings. The number of thioether (sulfide) groups is 1. The van der Waals surface area contributed by atoms with Gasteiger partial charge in [-0.3, -0.25) is 4.79 Å². The van der Waals surface area contributed by atoms with Crippen molar-refractivity contribution in [1.82, 2.24) is 9.97 Å². The van der Waals surface area contributed by atoms with Crippen LogP contribution < -0.4 is 10.1 Å². The van der Waals surface area contributed by atoms with Crippen LogP contribution in [0.2, 0.25) is 0 Å². The Morgan fingerprint density at radius 1 is 0.941 bits per heavy atom. The van der Waals surface area contributed by atoms with Crippen molar-refractivity contribution in [3.8, 4) is 28.3 Å². The predicted molar refractivity (Wildman–Crippen MR) is 141 cm³/mol. The molecule has 0 saturated heterocycles. The van der Waals surface area contributed by atoms with Crippen LogP contribution in [0.25, 0.3) is 22.5 Å². The number of aromatic amines is 1. The molecular formula is C28H29N3O2S. The van der Waals surface area contributed by atoms with E-state index in [0.29, 0.717) is 30.2 Å². The fourth-order valence-electron chi connectivity index (χ4n) is 3.57. The van der Waals surface area contributed by atoms with E-state index in [4.69, 9.17) is 9.72 Å². The second-order valence-electron chi connectivity index (χ2n) is 8.07. The fourth-order valence-corrected chi connectivity index (χ4v) is 4.38. The Morgan fingerprint density at radius 3 is 2.26 bits per heavy atom. The first-order valence-electron chi connectivity index (χ1n) is 11.4. The van der Waals surface area contributed by atoms with Crippen LogP contribution in [0.5, 0.6) is 5.75 Å². The van der Waals surface area contributed by atoms with Crippen LogP contribution in [-0.2, 0) is 4.79 Å². The molecule has 0 atom stereocenters. The van der Waals surface area contributed by atoms with E-state index >= 15 is 0 Å². The molecule has 0 fully saturated rings. The summed E-state index contributed by atoms with van der Waals surface area (Å²) in [5.74, 6) is 1.24. The van der Waals surface area contributed by atoms with Crippen LogP contribution in [0, 0.1) is 13.8 Å². The van der Waals surface area contributed by atoms with E-state index < -0.39 is 0 Å². The minimum atomic E-state index is -0.0521. The maximum Gasteiger partial charge on any atom is 0.225 e. The number of imidazole rings is 1. The number of ether oxygens (including phenoxy) is 1. The van der Waals surface area contributed by atoms with Gasteiger partial charge in [0.2, 0.25) is 5.91 Å². The molecule has 0 spiro atoms. The number of carbonyl (C=O) groups is 1. The topological polar surface area (TPSA) is 67.0 Å². The van der Waals surface area contributed by atoms with Gasteiger partial charge >= 0.3 is 0 Å². The molecule has 0 saturated carbocycles. The zero-order valence-corrected chi connectivity index (χ0v) is 20.5. The predicted octanol–water partition coefficient (Wildman–Crippen LogP) is 6.88. The van der Waals surface area contributed by atoms with Crippen molar-refractivity contribution in [1.29, 1.82) is 0 Å². The number of aromatic nitrogens is 2. The van der Waals surface area contributed by atoms with Gasteiger partial charge in [0.05, 0.1) is 23.7 Å². The molecule has 3 aromatic carbocycles. The van der Waals surface area contributed by atoms with Crippen molar-refractivity contribution in [2.45, 2.75) is 32.3 Å². The lowest BCUT2D eigenvalue weighted by Gasteiger charge is -2.10. The quantitative estimate of drug-likeness (QED) is 0.261. The third-order valence-corrected chi connectivity index (χ3v) is 6.25. The molecule has 0 aliphatic rings. The second-order valence-corrected chi connectivity index (χ2v) is 9.16. The van der Waals surface area contributed by atoms with Gasteiger partial charge in [-0.25, -0.2) is 4.98 Å². The summed E-state index contributed by atoms with van der Waals surface area (Å²) in [6.45, 7) is 6.63. The number of amides is 1. The number of benzene rings is 3. The second kappa shape index (κ2) is 11.1. The number of hydrogen-bond donors (Lipinski definition) is 2. The van der Waals surface area contributed by atoms with Crippen molar-refractivity contribution < 1.29 is 9.53 Å². The summed E-state index contributed by atoms with van der Waals surface area (Å²) in [6.07, 6.45) is 0.367. The van der Waals surface area contributed by atoms with E-state index in [2.05, 4.69) is 72.7 Å². The van der Waals surface area contributed by atoms with Crippen LogP contribution in [-0.4, -0.2) is 28.2 Å². The molecule has 0 aliphatic heterocycles. The zero-order valence-electron chi connectivity index (χ0n) is 19.7. The minimum absolute atomic E-state index is 0.0521. The SMILES string of the molecule is CCOc1ccccc1NC(=O)CCSc1nc(-c2ccc(C)cc2)c(-c2ccc(C)cc2)[nH]1. The van der Waals surface area contributed by atoms with Gasteiger partial charge in [-0.2, -0.15) is 0 Å². The summed E-state index contributed by atoms with van der Waals surface area (Å²) < 4.78 is 5.59. The molecule has 0 unspecified atom stereocenters. The Balaban J connectivity index is 1.47. The average Bonchev–Trinajstić information content (AvgIpc) is 3.25. The van der Waals surface area contributed by atoms with E-state index in [1.807, 2.05) is 31.2 Å². The number of H-pyrrole nitrogens is 1. The van der Waals surface area contributed by atoms with Crippen LogP contribution in [0.1, 0.15) is 24.5 Å². The Hall–Kier alpha value is -3.51. The van der Waals surface area contributed by atoms with Crippen molar-refractivity contribution in [2.24, 2.45) is 0 Å². The Morgan fingerprint density at radius 2 is 1.59 bits per heavy atom. The lowest BCUT2D eigenvalue weighted by atomic mass is 10.0. The highest BCUT2D eigenvalue weighted by atomic mass is 32.2. The fraction of sp³-hybridized carbons (Fsp3) is 0.214. The molecule has 0 aliphatic carbocycles. The largest absolute Gasteiger partial charge is 0.492 e. The highest BCUT2D eigenvalue weighted by molar-refractivity contribution is 7.99. The van der Waals surface area contributed by atoms with E-state index in [1.165, 1.54) is 11.1 Å². The molecule has 2 N–H and O–H groups in total. The number of aryl methyl sites for hydroxylation is 2. The van der Waals surface area contributed by atoms with Gasteiger partial charge < -0.3 is 15.0 Å². The van der Waals surface area contributed by atoms with E-state index in [0.717, 1.165) is 27.7 Å². The zero-order chi connectivity index (χ0) is 23.9. The van der Waals surface area contributed by atoms with Crippen molar-refractivity contribution in [2.75, 3.05) is 17.7 Å². The summed E-state index contributed by atoms with van der Waals surface area (Å²) >= 11 is 1.55. The first-order chi connectivity index (χ1) is 16.5. The molecule has 1 amide bonds. The Labute approximate surface area is 205 Å². The van der Waals surface area contributed by atoms with E-state index in [-0.39, 0.29) is 5.91 Å². The highest BCUT2D eigenvalue weighted by Gasteiger charge is 2.15. The first kappa shape index (κ1) is 23.6. The molecule has 5 nitrogen and oxygen atoms in total. The van der Waals surface area contributed by atoms with Crippen molar-refractivity contribution in [3.63, 3.8) is 0 Å². The smallest absolute Gasteiger partial charge is 0.225 e. The molecule has 174 valence electrons. The first-order valence-corrected chi connectivity index (χ1v) is 12.4. The third kappa shape index (κ3) is 5.88. The Bertz CT molecular complexity index is 1180. The number of rotatable bonds is 9. The lowest BCUT2D eigenvalue weighted by Crippen LogP contribution is -2.13. The highest BCUT2D eigenvalue weighted by Crippen LogP contribution is 2.33. The summed E-state index contributed by atoms with van der Waals surface area (Å²) in [4.78, 5) is 20.9. The summed E-state index contributed by atoms with van der Waals surface area (Å²) in [7, 11) is 0. The van der Waals surface area contributed by atoms with Gasteiger partial charge in [0, 0.05) is 23.3 Å². The maximum atomic E-state index is 12.5. The molecule has 0 radical (unpaired) electrons. The van der Waals surface area contributed by atoms with Gasteiger partial charge in [0.15, 0.2) is 5.16 Å². The van der Waals surface area contributed by atoms with Gasteiger partial charge in [0.1, 0.15) is 5.75 Å². The molecule has 6 heteroatoms. The monoisotopic (exact) mass is 471 g/mol. The molecule has 1 heterocycles. The van der Waals surface area contributed by atoms with Crippen molar-refractivity contribution in [3.05, 3.63) is 83.9 Å². The van der Waals surface area contributed by atoms with Crippen molar-refractivity contribution >= 4 is 23.4 Å². The molecule has 1 aromatic heterocycles. The normalized spacial score (nSPS) is 10.8. The van der Waals surface area contributed by atoms with Crippen LogP contribution in [0.15, 0.2) is 78.0 Å². The number of hydrogen-bond acceptors (Lipinski definition) is 4. The lowest BCUT2D eigenvalue weighted by molar-refractivity contribution is -0.115. The third-order valence-electron chi connectivity index (χ3n) is 5.38.